The van der Waals surface area contributed by atoms with E-state index in [2.05, 4.69) is 0 Å². The van der Waals surface area contributed by atoms with E-state index in [1.54, 1.807) is 11.0 Å². The summed E-state index contributed by atoms with van der Waals surface area (Å²) < 4.78 is 10.5. The molecule has 142 valence electrons. The lowest BCUT2D eigenvalue weighted by molar-refractivity contribution is 0.0197. The quantitative estimate of drug-likeness (QED) is 0.604. The van der Waals surface area contributed by atoms with E-state index < -0.39 is 11.7 Å². The SMILES string of the molecule is CC(C)(C)OC(=O)N1CCN(c2cc3c(cc2N)C(=O)OC3)[C@H](CO)C1. The molecule has 2 aliphatic heterocycles. The van der Waals surface area contributed by atoms with Gasteiger partial charge in [0.1, 0.15) is 12.2 Å². The highest BCUT2D eigenvalue weighted by molar-refractivity contribution is 5.96. The van der Waals surface area contributed by atoms with Crippen LogP contribution in [0.15, 0.2) is 12.1 Å². The number of rotatable bonds is 2. The maximum absolute atomic E-state index is 12.3. The summed E-state index contributed by atoms with van der Waals surface area (Å²) in [6, 6.07) is 3.14. The summed E-state index contributed by atoms with van der Waals surface area (Å²) in [5, 5.41) is 9.84. The van der Waals surface area contributed by atoms with E-state index in [1.165, 1.54) is 0 Å². The van der Waals surface area contributed by atoms with Crippen LogP contribution in [0.1, 0.15) is 36.7 Å². The highest BCUT2D eigenvalue weighted by Gasteiger charge is 2.33. The third kappa shape index (κ3) is 3.55. The number of nitrogens with zero attached hydrogens (tertiary/aromatic N) is 2. The third-order valence-corrected chi connectivity index (χ3v) is 4.49. The molecule has 1 fully saturated rings. The largest absolute Gasteiger partial charge is 0.457 e. The number of aliphatic hydroxyl groups excluding tert-OH is 1. The second-order valence-electron chi connectivity index (χ2n) is 7.60. The number of nitrogens with two attached hydrogens (primary N) is 1. The predicted molar refractivity (Wildman–Crippen MR) is 96.0 cm³/mol. The molecular weight excluding hydrogens is 338 g/mol. The van der Waals surface area contributed by atoms with Crippen molar-refractivity contribution in [2.75, 3.05) is 36.9 Å². The summed E-state index contributed by atoms with van der Waals surface area (Å²) in [5.41, 5.74) is 8.04. The van der Waals surface area contributed by atoms with Crippen molar-refractivity contribution in [1.82, 2.24) is 4.90 Å². The average molecular weight is 363 g/mol. The summed E-state index contributed by atoms with van der Waals surface area (Å²) in [6.07, 6.45) is -0.392. The van der Waals surface area contributed by atoms with E-state index in [9.17, 15) is 14.7 Å². The van der Waals surface area contributed by atoms with Crippen LogP contribution in [-0.4, -0.2) is 60.0 Å². The van der Waals surface area contributed by atoms with Crippen molar-refractivity contribution in [2.24, 2.45) is 0 Å². The molecule has 1 aromatic rings. The molecule has 2 heterocycles. The van der Waals surface area contributed by atoms with E-state index >= 15 is 0 Å². The zero-order chi connectivity index (χ0) is 19.1. The van der Waals surface area contributed by atoms with Gasteiger partial charge in [0.2, 0.25) is 0 Å². The Morgan fingerprint density at radius 2 is 2.12 bits per heavy atom. The van der Waals surface area contributed by atoms with Crippen LogP contribution in [0, 0.1) is 0 Å². The van der Waals surface area contributed by atoms with Crippen molar-refractivity contribution in [3.05, 3.63) is 23.3 Å². The molecule has 3 N–H and O–H groups in total. The molecule has 8 heteroatoms. The van der Waals surface area contributed by atoms with Gasteiger partial charge in [-0.15, -0.1) is 0 Å². The number of hydrogen-bond acceptors (Lipinski definition) is 7. The molecule has 26 heavy (non-hydrogen) atoms. The number of carbonyl (C=O) groups excluding carboxylic acids is 2. The molecule has 0 bridgehead atoms. The van der Waals surface area contributed by atoms with Gasteiger partial charge in [-0.1, -0.05) is 0 Å². The fraction of sp³-hybridized carbons (Fsp3) is 0.556. The molecule has 1 saturated heterocycles. The fourth-order valence-corrected chi connectivity index (χ4v) is 3.25. The Balaban J connectivity index is 1.79. The molecule has 0 spiro atoms. The van der Waals surface area contributed by atoms with Gasteiger partial charge in [-0.3, -0.25) is 0 Å². The van der Waals surface area contributed by atoms with Crippen LogP contribution in [0.2, 0.25) is 0 Å². The molecule has 2 aliphatic rings. The lowest BCUT2D eigenvalue weighted by atomic mass is 10.0. The molecule has 0 aromatic heterocycles. The Labute approximate surface area is 152 Å². The van der Waals surface area contributed by atoms with Gasteiger partial charge in [-0.2, -0.15) is 0 Å². The van der Waals surface area contributed by atoms with Crippen molar-refractivity contribution >= 4 is 23.4 Å². The van der Waals surface area contributed by atoms with Gasteiger partial charge in [-0.25, -0.2) is 9.59 Å². The van der Waals surface area contributed by atoms with Crippen LogP contribution in [0.3, 0.4) is 0 Å². The number of cyclic esters (lactones) is 1. The Kier molecular flexibility index (Phi) is 4.70. The van der Waals surface area contributed by atoms with Crippen molar-refractivity contribution in [3.8, 4) is 0 Å². The number of nitrogen functional groups attached to an aromatic ring is 1. The average Bonchev–Trinajstić information content (AvgIpc) is 2.92. The van der Waals surface area contributed by atoms with Crippen LogP contribution in [0.25, 0.3) is 0 Å². The molecule has 0 saturated carbocycles. The Morgan fingerprint density at radius 1 is 1.38 bits per heavy atom. The van der Waals surface area contributed by atoms with Gasteiger partial charge in [0.25, 0.3) is 0 Å². The second kappa shape index (κ2) is 6.68. The van der Waals surface area contributed by atoms with Crippen molar-refractivity contribution in [2.45, 2.75) is 39.0 Å². The lowest BCUT2D eigenvalue weighted by Gasteiger charge is -2.42. The first-order valence-corrected chi connectivity index (χ1v) is 8.64. The molecule has 0 unspecified atom stereocenters. The number of amides is 1. The molecule has 8 nitrogen and oxygen atoms in total. The summed E-state index contributed by atoms with van der Waals surface area (Å²) in [6.45, 7) is 6.84. The number of ether oxygens (including phenoxy) is 2. The minimum Gasteiger partial charge on any atom is -0.457 e. The van der Waals surface area contributed by atoms with Gasteiger partial charge in [-0.05, 0) is 32.9 Å². The number of carbonyl (C=O) groups is 2. The highest BCUT2D eigenvalue weighted by Crippen LogP contribution is 2.33. The summed E-state index contributed by atoms with van der Waals surface area (Å²) in [4.78, 5) is 27.5. The molecule has 0 aliphatic carbocycles. The maximum Gasteiger partial charge on any atom is 0.410 e. The number of anilines is 2. The highest BCUT2D eigenvalue weighted by atomic mass is 16.6. The molecular formula is C18H25N3O5. The molecule has 3 rings (SSSR count). The van der Waals surface area contributed by atoms with Crippen LogP contribution >= 0.6 is 0 Å². The summed E-state index contributed by atoms with van der Waals surface area (Å²) >= 11 is 0. The molecule has 1 amide bonds. The minimum absolute atomic E-state index is 0.134. The van der Waals surface area contributed by atoms with Gasteiger partial charge in [0.05, 0.1) is 29.6 Å². The maximum atomic E-state index is 12.3. The van der Waals surface area contributed by atoms with Gasteiger partial charge >= 0.3 is 12.1 Å². The van der Waals surface area contributed by atoms with Crippen molar-refractivity contribution < 1.29 is 24.2 Å². The number of piperazine rings is 1. The smallest absolute Gasteiger partial charge is 0.410 e. The number of esters is 1. The summed E-state index contributed by atoms with van der Waals surface area (Å²) in [5.74, 6) is -0.369. The van der Waals surface area contributed by atoms with E-state index in [-0.39, 0.29) is 25.2 Å². The predicted octanol–water partition coefficient (Wildman–Crippen LogP) is 1.36. The van der Waals surface area contributed by atoms with E-state index in [0.29, 0.717) is 30.9 Å². The fourth-order valence-electron chi connectivity index (χ4n) is 3.25. The number of hydrogen-bond donors (Lipinski definition) is 2. The van der Waals surface area contributed by atoms with Crippen LogP contribution < -0.4 is 10.6 Å². The van der Waals surface area contributed by atoms with E-state index in [4.69, 9.17) is 15.2 Å². The zero-order valence-corrected chi connectivity index (χ0v) is 15.3. The van der Waals surface area contributed by atoms with Crippen LogP contribution in [0.4, 0.5) is 16.2 Å². The van der Waals surface area contributed by atoms with Gasteiger partial charge in [0, 0.05) is 25.2 Å². The van der Waals surface area contributed by atoms with Gasteiger partial charge in [0.15, 0.2) is 0 Å². The number of benzene rings is 1. The van der Waals surface area contributed by atoms with Crippen molar-refractivity contribution in [1.29, 1.82) is 0 Å². The lowest BCUT2D eigenvalue weighted by Crippen LogP contribution is -2.57. The van der Waals surface area contributed by atoms with Crippen LogP contribution in [-0.2, 0) is 16.1 Å². The Hall–Kier alpha value is -2.48. The van der Waals surface area contributed by atoms with E-state index in [0.717, 1.165) is 11.3 Å². The standard InChI is InChI=1S/C18H25N3O5/c1-18(2,3)26-17(24)20-4-5-21(12(8-20)9-22)15-6-11-10-25-16(23)13(11)7-14(15)19/h6-7,12,22H,4-5,8-10,19H2,1-3H3/t12-/m0/s1. The molecule has 1 atom stereocenters. The first-order chi connectivity index (χ1) is 12.2. The Morgan fingerprint density at radius 3 is 2.77 bits per heavy atom. The first-order valence-electron chi connectivity index (χ1n) is 8.64. The van der Waals surface area contributed by atoms with Crippen molar-refractivity contribution in [3.63, 3.8) is 0 Å². The first kappa shape index (κ1) is 18.3. The molecule has 0 radical (unpaired) electrons. The minimum atomic E-state index is -0.570. The monoisotopic (exact) mass is 363 g/mol. The van der Waals surface area contributed by atoms with Crippen LogP contribution in [0.5, 0.6) is 0 Å². The zero-order valence-electron chi connectivity index (χ0n) is 15.3. The van der Waals surface area contributed by atoms with E-state index in [1.807, 2.05) is 31.7 Å². The number of fused-ring (bicyclic) bond motifs is 1. The van der Waals surface area contributed by atoms with Gasteiger partial charge < -0.3 is 30.1 Å². The number of aliphatic hydroxyl groups is 1. The second-order valence-corrected chi connectivity index (χ2v) is 7.60. The summed E-state index contributed by atoms with van der Waals surface area (Å²) in [7, 11) is 0. The Bertz CT molecular complexity index is 728. The third-order valence-electron chi connectivity index (χ3n) is 4.49. The molecule has 1 aromatic carbocycles. The topological polar surface area (TPSA) is 105 Å². The normalized spacial score (nSPS) is 20.0.